The summed E-state index contributed by atoms with van der Waals surface area (Å²) in [6.07, 6.45) is 0. The van der Waals surface area contributed by atoms with Crippen LogP contribution >= 0.6 is 47.0 Å². The SMILES string of the molecule is c1ccc2c(c1)-c1ccc(OCCOCCOCCOCCOCCOc3ccc4c(c3)C3(SCCS3)c3ccccc3-4)cc1C21SCCS1. The number of ether oxygens (including phenoxy) is 6. The molecule has 0 bridgehead atoms. The van der Waals surface area contributed by atoms with Crippen LogP contribution in [0, 0.1) is 0 Å². The first kappa shape index (κ1) is 34.8. The average molecular weight is 747 g/mol. The van der Waals surface area contributed by atoms with E-state index < -0.39 is 0 Å². The van der Waals surface area contributed by atoms with Gasteiger partial charge in [0.1, 0.15) is 32.9 Å². The first-order valence-electron chi connectivity index (χ1n) is 17.4. The number of benzene rings is 4. The van der Waals surface area contributed by atoms with Gasteiger partial charge in [-0.3, -0.25) is 0 Å². The summed E-state index contributed by atoms with van der Waals surface area (Å²) in [5.74, 6) is 6.48. The molecular weight excluding hydrogens is 705 g/mol. The highest BCUT2D eigenvalue weighted by molar-refractivity contribution is 8.21. The zero-order valence-corrected chi connectivity index (χ0v) is 31.3. The Balaban J connectivity index is 0.654. The number of rotatable bonds is 17. The van der Waals surface area contributed by atoms with Crippen molar-refractivity contribution >= 4 is 47.0 Å². The molecule has 10 heteroatoms. The van der Waals surface area contributed by atoms with Gasteiger partial charge in [0.25, 0.3) is 0 Å². The Bertz CT molecular complexity index is 1640. The molecular formula is C40H42O6S4. The number of fused-ring (bicyclic) bond motifs is 10. The summed E-state index contributed by atoms with van der Waals surface area (Å²) in [5, 5.41) is 0. The third-order valence-electron chi connectivity index (χ3n) is 9.33. The molecule has 0 radical (unpaired) electrons. The predicted octanol–water partition coefficient (Wildman–Crippen LogP) is 8.53. The summed E-state index contributed by atoms with van der Waals surface area (Å²) in [6, 6.07) is 30.7. The van der Waals surface area contributed by atoms with E-state index in [1.165, 1.54) is 67.5 Å². The maximum atomic E-state index is 6.08. The van der Waals surface area contributed by atoms with Crippen LogP contribution in [-0.2, 0) is 27.1 Å². The van der Waals surface area contributed by atoms with E-state index in [0.717, 1.165) is 11.5 Å². The molecule has 50 heavy (non-hydrogen) atoms. The van der Waals surface area contributed by atoms with Crippen LogP contribution in [0.1, 0.15) is 22.3 Å². The van der Waals surface area contributed by atoms with Crippen molar-refractivity contribution in [2.75, 3.05) is 89.1 Å². The van der Waals surface area contributed by atoms with Crippen molar-refractivity contribution in [1.29, 1.82) is 0 Å². The Labute approximate surface area is 312 Å². The van der Waals surface area contributed by atoms with E-state index >= 15 is 0 Å². The molecule has 4 aromatic carbocycles. The zero-order valence-electron chi connectivity index (χ0n) is 28.1. The van der Waals surface area contributed by atoms with E-state index in [-0.39, 0.29) is 8.16 Å². The lowest BCUT2D eigenvalue weighted by Gasteiger charge is -2.24. The topological polar surface area (TPSA) is 55.4 Å². The summed E-state index contributed by atoms with van der Waals surface area (Å²) >= 11 is 8.19. The summed E-state index contributed by atoms with van der Waals surface area (Å²) in [6.45, 7) is 5.21. The van der Waals surface area contributed by atoms with Gasteiger partial charge in [-0.2, -0.15) is 0 Å². The molecule has 262 valence electrons. The molecule has 0 amide bonds. The van der Waals surface area contributed by atoms with E-state index in [1.54, 1.807) is 0 Å². The minimum atomic E-state index is 0.000288. The molecule has 0 saturated carbocycles. The van der Waals surface area contributed by atoms with Gasteiger partial charge >= 0.3 is 0 Å². The zero-order chi connectivity index (χ0) is 33.6. The molecule has 4 aliphatic rings. The molecule has 0 atom stereocenters. The van der Waals surface area contributed by atoms with Crippen molar-refractivity contribution in [3.05, 3.63) is 107 Å². The Kier molecular flexibility index (Phi) is 11.2. The second-order valence-corrected chi connectivity index (χ2v) is 18.0. The largest absolute Gasteiger partial charge is 0.491 e. The van der Waals surface area contributed by atoms with Gasteiger partial charge in [-0.05, 0) is 68.8 Å². The summed E-state index contributed by atoms with van der Waals surface area (Å²) in [4.78, 5) is 0. The molecule has 0 aromatic heterocycles. The molecule has 0 N–H and O–H groups in total. The summed E-state index contributed by atoms with van der Waals surface area (Å²) in [5.41, 5.74) is 11.0. The Morgan fingerprint density at radius 3 is 1.12 bits per heavy atom. The smallest absolute Gasteiger partial charge is 0.119 e. The lowest BCUT2D eigenvalue weighted by atomic mass is 10.1. The van der Waals surface area contributed by atoms with Crippen LogP contribution in [0.3, 0.4) is 0 Å². The molecule has 0 unspecified atom stereocenters. The molecule has 2 aliphatic heterocycles. The van der Waals surface area contributed by atoms with Crippen LogP contribution in [0.25, 0.3) is 22.3 Å². The van der Waals surface area contributed by atoms with Crippen molar-refractivity contribution in [2.45, 2.75) is 8.16 Å². The molecule has 8 rings (SSSR count). The normalized spacial score (nSPS) is 17.2. The van der Waals surface area contributed by atoms with Gasteiger partial charge in [0.05, 0.1) is 52.9 Å². The van der Waals surface area contributed by atoms with Gasteiger partial charge in [-0.1, -0.05) is 60.7 Å². The molecule has 2 aliphatic carbocycles. The van der Waals surface area contributed by atoms with Gasteiger partial charge in [-0.25, -0.2) is 0 Å². The van der Waals surface area contributed by atoms with Gasteiger partial charge < -0.3 is 28.4 Å². The molecule has 2 spiro atoms. The standard InChI is InChI=1S/C40H42O6S4/c1-3-7-35-31(5-1)33-11-9-29(27-37(33)39(35)47-23-24-48-39)45-21-19-43-17-15-41-13-14-42-16-18-44-20-22-46-30-10-12-34-32-6-2-4-8-36(32)40(38(34)28-30)49-25-26-50-40/h1-12,27-28H,13-26H2. The lowest BCUT2D eigenvalue weighted by molar-refractivity contribution is -0.00699. The average Bonchev–Trinajstić information content (AvgIpc) is 3.96. The fourth-order valence-electron chi connectivity index (χ4n) is 7.19. The van der Waals surface area contributed by atoms with Crippen LogP contribution in [-0.4, -0.2) is 89.1 Å². The van der Waals surface area contributed by atoms with Gasteiger partial charge in [0.15, 0.2) is 0 Å². The molecule has 2 fully saturated rings. The molecule has 4 aromatic rings. The van der Waals surface area contributed by atoms with Crippen molar-refractivity contribution in [1.82, 2.24) is 0 Å². The molecule has 6 nitrogen and oxygen atoms in total. The maximum Gasteiger partial charge on any atom is 0.119 e. The first-order chi connectivity index (χ1) is 24.8. The number of thioether (sulfide) groups is 4. The van der Waals surface area contributed by atoms with Crippen molar-refractivity contribution < 1.29 is 28.4 Å². The number of hydrogen-bond donors (Lipinski definition) is 0. The Morgan fingerprint density at radius 2 is 0.720 bits per heavy atom. The van der Waals surface area contributed by atoms with Gasteiger partial charge in [-0.15, -0.1) is 47.0 Å². The Morgan fingerprint density at radius 1 is 0.380 bits per heavy atom. The third kappa shape index (κ3) is 6.95. The third-order valence-corrected chi connectivity index (χ3v) is 16.3. The highest BCUT2D eigenvalue weighted by Crippen LogP contribution is 2.65. The Hall–Kier alpha value is -2.28. The second-order valence-electron chi connectivity index (χ2n) is 12.3. The lowest BCUT2D eigenvalue weighted by Crippen LogP contribution is -2.15. The van der Waals surface area contributed by atoms with E-state index in [4.69, 9.17) is 28.4 Å². The monoisotopic (exact) mass is 746 g/mol. The summed E-state index contributed by atoms with van der Waals surface area (Å²) < 4.78 is 34.9. The highest BCUT2D eigenvalue weighted by atomic mass is 32.2. The highest BCUT2D eigenvalue weighted by Gasteiger charge is 2.48. The van der Waals surface area contributed by atoms with Crippen LogP contribution in [0.5, 0.6) is 11.5 Å². The van der Waals surface area contributed by atoms with Gasteiger partial charge in [0.2, 0.25) is 0 Å². The van der Waals surface area contributed by atoms with E-state index in [1.807, 2.05) is 47.0 Å². The minimum Gasteiger partial charge on any atom is -0.491 e. The van der Waals surface area contributed by atoms with Crippen molar-refractivity contribution in [2.24, 2.45) is 0 Å². The number of hydrogen-bond acceptors (Lipinski definition) is 10. The molecule has 2 saturated heterocycles. The summed E-state index contributed by atoms with van der Waals surface area (Å²) in [7, 11) is 0. The van der Waals surface area contributed by atoms with Crippen LogP contribution in [0.4, 0.5) is 0 Å². The van der Waals surface area contributed by atoms with Crippen LogP contribution in [0.2, 0.25) is 0 Å². The minimum absolute atomic E-state index is 0.000288. The van der Waals surface area contributed by atoms with Crippen LogP contribution < -0.4 is 9.47 Å². The first-order valence-corrected chi connectivity index (χ1v) is 21.3. The van der Waals surface area contributed by atoms with Gasteiger partial charge in [0, 0.05) is 23.0 Å². The van der Waals surface area contributed by atoms with E-state index in [2.05, 4.69) is 84.9 Å². The van der Waals surface area contributed by atoms with E-state index in [0.29, 0.717) is 66.1 Å². The quantitative estimate of drug-likeness (QED) is 0.0984. The fourth-order valence-corrected chi connectivity index (χ4v) is 14.0. The fraction of sp³-hybridized carbons (Fsp3) is 0.400. The van der Waals surface area contributed by atoms with Crippen LogP contribution in [0.15, 0.2) is 84.9 Å². The maximum absolute atomic E-state index is 6.08. The van der Waals surface area contributed by atoms with E-state index in [9.17, 15) is 0 Å². The van der Waals surface area contributed by atoms with Crippen molar-refractivity contribution in [3.63, 3.8) is 0 Å². The predicted molar refractivity (Wildman–Crippen MR) is 209 cm³/mol. The second kappa shape index (κ2) is 16.2. The van der Waals surface area contributed by atoms with Crippen molar-refractivity contribution in [3.8, 4) is 33.8 Å². The molecule has 2 heterocycles.